The first-order valence-corrected chi connectivity index (χ1v) is 8.27. The topological polar surface area (TPSA) is 45.2 Å². The second-order valence-electron chi connectivity index (χ2n) is 5.83. The largest absolute Gasteiger partial charge is 0.371 e. The summed E-state index contributed by atoms with van der Waals surface area (Å²) in [6, 6.07) is 11.5. The van der Waals surface area contributed by atoms with E-state index in [9.17, 15) is 4.79 Å². The van der Waals surface area contributed by atoms with E-state index in [1.165, 1.54) is 0 Å². The van der Waals surface area contributed by atoms with Crippen molar-refractivity contribution in [1.82, 2.24) is 10.3 Å². The van der Waals surface area contributed by atoms with Gasteiger partial charge in [0.05, 0.1) is 5.92 Å². The summed E-state index contributed by atoms with van der Waals surface area (Å²) < 4.78 is 0. The number of carbonyl (C=O) groups excluding carboxylic acids is 1. The second-order valence-corrected chi connectivity index (χ2v) is 6.27. The van der Waals surface area contributed by atoms with E-state index in [0.29, 0.717) is 11.6 Å². The van der Waals surface area contributed by atoms with Crippen LogP contribution >= 0.6 is 11.6 Å². The third kappa shape index (κ3) is 4.23. The van der Waals surface area contributed by atoms with Gasteiger partial charge >= 0.3 is 0 Å². The average molecular weight is 330 g/mol. The standard InChI is InChI=1S/C18H20ClN3O/c19-16-5-3-14(4-6-16)12-21-18(23)15-2-1-11-22(13-15)17-7-9-20-10-8-17/h3-10,15H,1-2,11-13H2,(H,21,23). The molecule has 2 heterocycles. The van der Waals surface area contributed by atoms with E-state index in [4.69, 9.17) is 11.6 Å². The molecule has 1 N–H and O–H groups in total. The maximum atomic E-state index is 12.4. The van der Waals surface area contributed by atoms with Crippen LogP contribution in [0.15, 0.2) is 48.8 Å². The Labute approximate surface area is 141 Å². The number of anilines is 1. The van der Waals surface area contributed by atoms with E-state index >= 15 is 0 Å². The number of nitrogens with one attached hydrogen (secondary N) is 1. The third-order valence-electron chi connectivity index (χ3n) is 4.20. The fourth-order valence-corrected chi connectivity index (χ4v) is 3.04. The summed E-state index contributed by atoms with van der Waals surface area (Å²) in [4.78, 5) is 18.7. The van der Waals surface area contributed by atoms with Gasteiger partial charge in [-0.15, -0.1) is 0 Å². The van der Waals surface area contributed by atoms with Crippen molar-refractivity contribution in [3.8, 4) is 0 Å². The first-order valence-electron chi connectivity index (χ1n) is 7.89. The molecule has 0 saturated carbocycles. The molecule has 0 aliphatic carbocycles. The number of piperidine rings is 1. The monoisotopic (exact) mass is 329 g/mol. The molecule has 1 atom stereocenters. The maximum absolute atomic E-state index is 12.4. The van der Waals surface area contributed by atoms with Gasteiger partial charge in [-0.1, -0.05) is 23.7 Å². The molecule has 2 aromatic rings. The fraction of sp³-hybridized carbons (Fsp3) is 0.333. The van der Waals surface area contributed by atoms with E-state index < -0.39 is 0 Å². The molecule has 5 heteroatoms. The minimum Gasteiger partial charge on any atom is -0.371 e. The van der Waals surface area contributed by atoms with Gasteiger partial charge in [0.25, 0.3) is 0 Å². The average Bonchev–Trinajstić information content (AvgIpc) is 2.62. The Balaban J connectivity index is 1.55. The van der Waals surface area contributed by atoms with Crippen molar-refractivity contribution in [1.29, 1.82) is 0 Å². The van der Waals surface area contributed by atoms with Gasteiger partial charge in [0, 0.05) is 42.7 Å². The predicted octanol–water partition coefficient (Wildman–Crippen LogP) is 3.27. The molecule has 0 spiro atoms. The number of rotatable bonds is 4. The number of aromatic nitrogens is 1. The molecule has 0 bridgehead atoms. The lowest BCUT2D eigenvalue weighted by molar-refractivity contribution is -0.125. The van der Waals surface area contributed by atoms with Crippen LogP contribution in [0.4, 0.5) is 5.69 Å². The van der Waals surface area contributed by atoms with Gasteiger partial charge in [-0.2, -0.15) is 0 Å². The first-order chi connectivity index (χ1) is 11.2. The molecule has 1 fully saturated rings. The van der Waals surface area contributed by atoms with Crippen molar-refractivity contribution >= 4 is 23.2 Å². The van der Waals surface area contributed by atoms with Gasteiger partial charge in [-0.05, 0) is 42.7 Å². The van der Waals surface area contributed by atoms with Crippen molar-refractivity contribution in [3.63, 3.8) is 0 Å². The number of pyridine rings is 1. The summed E-state index contributed by atoms with van der Waals surface area (Å²) in [6.07, 6.45) is 5.55. The predicted molar refractivity (Wildman–Crippen MR) is 92.5 cm³/mol. The maximum Gasteiger partial charge on any atom is 0.225 e. The smallest absolute Gasteiger partial charge is 0.225 e. The number of carbonyl (C=O) groups is 1. The Morgan fingerprint density at radius 3 is 2.70 bits per heavy atom. The Kier molecular flexibility index (Phi) is 5.13. The van der Waals surface area contributed by atoms with Gasteiger partial charge in [0.2, 0.25) is 5.91 Å². The fourth-order valence-electron chi connectivity index (χ4n) is 2.92. The van der Waals surface area contributed by atoms with Crippen molar-refractivity contribution < 1.29 is 4.79 Å². The van der Waals surface area contributed by atoms with Crippen LogP contribution in [0.2, 0.25) is 5.02 Å². The number of nitrogens with zero attached hydrogens (tertiary/aromatic N) is 2. The summed E-state index contributed by atoms with van der Waals surface area (Å²) in [5.74, 6) is 0.155. The summed E-state index contributed by atoms with van der Waals surface area (Å²) in [5.41, 5.74) is 2.19. The zero-order chi connectivity index (χ0) is 16.1. The summed E-state index contributed by atoms with van der Waals surface area (Å²) in [5, 5.41) is 3.75. The van der Waals surface area contributed by atoms with Crippen LogP contribution in [0, 0.1) is 5.92 Å². The molecule has 1 aliphatic heterocycles. The molecular formula is C18H20ClN3O. The molecular weight excluding hydrogens is 310 g/mol. The quantitative estimate of drug-likeness (QED) is 0.936. The molecule has 1 saturated heterocycles. The second kappa shape index (κ2) is 7.47. The van der Waals surface area contributed by atoms with Crippen LogP contribution in [0.25, 0.3) is 0 Å². The van der Waals surface area contributed by atoms with Crippen LogP contribution in [0.3, 0.4) is 0 Å². The summed E-state index contributed by atoms with van der Waals surface area (Å²) >= 11 is 5.87. The zero-order valence-electron chi connectivity index (χ0n) is 12.9. The van der Waals surface area contributed by atoms with Crippen LogP contribution in [-0.4, -0.2) is 24.0 Å². The Morgan fingerprint density at radius 1 is 1.22 bits per heavy atom. The Morgan fingerprint density at radius 2 is 1.96 bits per heavy atom. The number of benzene rings is 1. The van der Waals surface area contributed by atoms with E-state index in [1.54, 1.807) is 12.4 Å². The molecule has 1 aliphatic rings. The first kappa shape index (κ1) is 15.8. The summed E-state index contributed by atoms with van der Waals surface area (Å²) in [6.45, 7) is 2.29. The van der Waals surface area contributed by atoms with Crippen LogP contribution in [-0.2, 0) is 11.3 Å². The summed E-state index contributed by atoms with van der Waals surface area (Å²) in [7, 11) is 0. The normalized spacial score (nSPS) is 17.8. The van der Waals surface area contributed by atoms with E-state index in [0.717, 1.165) is 37.2 Å². The van der Waals surface area contributed by atoms with Crippen LogP contribution < -0.4 is 10.2 Å². The lowest BCUT2D eigenvalue weighted by Gasteiger charge is -2.33. The van der Waals surface area contributed by atoms with Crippen molar-refractivity contribution in [2.75, 3.05) is 18.0 Å². The molecule has 23 heavy (non-hydrogen) atoms. The lowest BCUT2D eigenvalue weighted by Crippen LogP contribution is -2.43. The molecule has 120 valence electrons. The SMILES string of the molecule is O=C(NCc1ccc(Cl)cc1)C1CCCN(c2ccncc2)C1. The molecule has 1 aromatic heterocycles. The van der Waals surface area contributed by atoms with Gasteiger partial charge < -0.3 is 10.2 Å². The van der Waals surface area contributed by atoms with E-state index in [1.807, 2.05) is 36.4 Å². The van der Waals surface area contributed by atoms with Crippen LogP contribution in [0.5, 0.6) is 0 Å². The Bertz CT molecular complexity index is 645. The zero-order valence-corrected chi connectivity index (χ0v) is 13.7. The van der Waals surface area contributed by atoms with Gasteiger partial charge in [0.1, 0.15) is 0 Å². The van der Waals surface area contributed by atoms with E-state index in [2.05, 4.69) is 15.2 Å². The minimum absolute atomic E-state index is 0.0317. The minimum atomic E-state index is 0.0317. The van der Waals surface area contributed by atoms with Crippen LogP contribution in [0.1, 0.15) is 18.4 Å². The van der Waals surface area contributed by atoms with Crippen molar-refractivity contribution in [2.45, 2.75) is 19.4 Å². The highest BCUT2D eigenvalue weighted by atomic mass is 35.5. The Hall–Kier alpha value is -2.07. The highest BCUT2D eigenvalue weighted by molar-refractivity contribution is 6.30. The molecule has 4 nitrogen and oxygen atoms in total. The molecule has 1 unspecified atom stereocenters. The molecule has 1 aromatic carbocycles. The number of amides is 1. The van der Waals surface area contributed by atoms with Crippen molar-refractivity contribution in [2.24, 2.45) is 5.92 Å². The van der Waals surface area contributed by atoms with E-state index in [-0.39, 0.29) is 11.8 Å². The van der Waals surface area contributed by atoms with Gasteiger partial charge in [0.15, 0.2) is 0 Å². The number of hydrogen-bond acceptors (Lipinski definition) is 3. The van der Waals surface area contributed by atoms with Gasteiger partial charge in [-0.3, -0.25) is 9.78 Å². The lowest BCUT2D eigenvalue weighted by atomic mass is 9.96. The number of hydrogen-bond donors (Lipinski definition) is 1. The third-order valence-corrected chi connectivity index (χ3v) is 4.45. The van der Waals surface area contributed by atoms with Gasteiger partial charge in [-0.25, -0.2) is 0 Å². The molecule has 3 rings (SSSR count). The highest BCUT2D eigenvalue weighted by Crippen LogP contribution is 2.22. The highest BCUT2D eigenvalue weighted by Gasteiger charge is 2.25. The van der Waals surface area contributed by atoms with Crippen molar-refractivity contribution in [3.05, 3.63) is 59.4 Å². The molecule has 0 radical (unpaired) electrons. The number of halogens is 1. The molecule has 1 amide bonds.